The van der Waals surface area contributed by atoms with E-state index in [1.54, 1.807) is 23.0 Å². The van der Waals surface area contributed by atoms with Gasteiger partial charge in [0.15, 0.2) is 0 Å². The summed E-state index contributed by atoms with van der Waals surface area (Å²) < 4.78 is 14.8. The van der Waals surface area contributed by atoms with Gasteiger partial charge in [0, 0.05) is 17.9 Å². The maximum atomic E-state index is 13.1. The molecule has 1 atom stereocenters. The molecule has 0 aliphatic carbocycles. The molecule has 1 amide bonds. The summed E-state index contributed by atoms with van der Waals surface area (Å²) in [5, 5.41) is 7.31. The predicted molar refractivity (Wildman–Crippen MR) is 89.8 cm³/mol. The highest BCUT2D eigenvalue weighted by molar-refractivity contribution is 5.94. The van der Waals surface area contributed by atoms with Crippen LogP contribution in [0.25, 0.3) is 5.69 Å². The molecule has 2 heterocycles. The van der Waals surface area contributed by atoms with Crippen LogP contribution in [0.1, 0.15) is 29.0 Å². The highest BCUT2D eigenvalue weighted by atomic mass is 19.1. The molecule has 1 aliphatic heterocycles. The zero-order valence-corrected chi connectivity index (χ0v) is 13.2. The molecule has 0 saturated carbocycles. The number of fused-ring (bicyclic) bond motifs is 1. The predicted octanol–water partition coefficient (Wildman–Crippen LogP) is 3.79. The highest BCUT2D eigenvalue weighted by Gasteiger charge is 2.30. The third-order valence-corrected chi connectivity index (χ3v) is 4.37. The van der Waals surface area contributed by atoms with Crippen LogP contribution in [0.15, 0.2) is 54.7 Å². The van der Waals surface area contributed by atoms with Crippen LogP contribution in [0.3, 0.4) is 0 Å². The van der Waals surface area contributed by atoms with Gasteiger partial charge in [-0.1, -0.05) is 29.8 Å². The first-order valence-corrected chi connectivity index (χ1v) is 7.82. The number of nitrogens with one attached hydrogen (secondary N) is 1. The van der Waals surface area contributed by atoms with Crippen LogP contribution in [0.2, 0.25) is 0 Å². The fourth-order valence-corrected chi connectivity index (χ4v) is 3.09. The van der Waals surface area contributed by atoms with Crippen molar-refractivity contribution in [2.75, 3.05) is 5.32 Å². The van der Waals surface area contributed by atoms with E-state index in [1.165, 1.54) is 17.7 Å². The van der Waals surface area contributed by atoms with E-state index in [2.05, 4.69) is 22.5 Å². The fourth-order valence-electron chi connectivity index (χ4n) is 3.09. The monoisotopic (exact) mass is 321 g/mol. The maximum Gasteiger partial charge on any atom is 0.226 e. The number of carbonyl (C=O) groups is 1. The van der Waals surface area contributed by atoms with Crippen molar-refractivity contribution in [3.63, 3.8) is 0 Å². The Morgan fingerprint density at radius 2 is 1.83 bits per heavy atom. The first-order chi connectivity index (χ1) is 11.6. The number of hydrogen-bond acceptors (Lipinski definition) is 2. The Labute approximate surface area is 138 Å². The van der Waals surface area contributed by atoms with Gasteiger partial charge in [-0.2, -0.15) is 5.10 Å². The zero-order chi connectivity index (χ0) is 16.7. The zero-order valence-electron chi connectivity index (χ0n) is 13.2. The second-order valence-corrected chi connectivity index (χ2v) is 6.05. The molecule has 2 aromatic carbocycles. The summed E-state index contributed by atoms with van der Waals surface area (Å²) in [6.07, 6.45) is 2.17. The number of halogens is 1. The summed E-state index contributed by atoms with van der Waals surface area (Å²) in [6, 6.07) is 14.2. The van der Waals surface area contributed by atoms with E-state index >= 15 is 0 Å². The molecular weight excluding hydrogens is 305 g/mol. The van der Waals surface area contributed by atoms with Gasteiger partial charge in [-0.05, 0) is 36.8 Å². The van der Waals surface area contributed by atoms with E-state index in [4.69, 9.17) is 0 Å². The molecule has 0 spiro atoms. The minimum atomic E-state index is -0.304. The minimum absolute atomic E-state index is 0.0245. The van der Waals surface area contributed by atoms with Crippen molar-refractivity contribution in [1.29, 1.82) is 0 Å². The first-order valence-electron chi connectivity index (χ1n) is 7.82. The Balaban J connectivity index is 1.80. The number of anilines is 1. The van der Waals surface area contributed by atoms with Gasteiger partial charge >= 0.3 is 0 Å². The normalized spacial score (nSPS) is 16.6. The lowest BCUT2D eigenvalue weighted by atomic mass is 9.87. The Morgan fingerprint density at radius 3 is 2.54 bits per heavy atom. The van der Waals surface area contributed by atoms with Crippen molar-refractivity contribution < 1.29 is 9.18 Å². The van der Waals surface area contributed by atoms with E-state index in [9.17, 15) is 9.18 Å². The lowest BCUT2D eigenvalue weighted by Crippen LogP contribution is -2.24. The van der Waals surface area contributed by atoms with Gasteiger partial charge in [0.2, 0.25) is 5.91 Å². The Bertz CT molecular complexity index is 897. The van der Waals surface area contributed by atoms with Gasteiger partial charge in [-0.25, -0.2) is 9.07 Å². The molecule has 4 rings (SSSR count). The highest BCUT2D eigenvalue weighted by Crippen LogP contribution is 2.38. The quantitative estimate of drug-likeness (QED) is 0.780. The number of carbonyl (C=O) groups excluding carboxylic acids is 1. The molecule has 3 aromatic rings. The molecule has 120 valence electrons. The summed E-state index contributed by atoms with van der Waals surface area (Å²) in [7, 11) is 0. The van der Waals surface area contributed by atoms with Crippen LogP contribution in [0.4, 0.5) is 10.2 Å². The molecule has 0 fully saturated rings. The molecule has 1 aromatic heterocycles. The van der Waals surface area contributed by atoms with Crippen molar-refractivity contribution in [2.45, 2.75) is 19.3 Å². The molecule has 0 bridgehead atoms. The number of aromatic nitrogens is 2. The lowest BCUT2D eigenvalue weighted by molar-refractivity contribution is -0.116. The molecular formula is C19H16FN3O. The molecule has 24 heavy (non-hydrogen) atoms. The van der Waals surface area contributed by atoms with E-state index < -0.39 is 0 Å². The number of aryl methyl sites for hydroxylation is 1. The van der Waals surface area contributed by atoms with Crippen LogP contribution >= 0.6 is 0 Å². The van der Waals surface area contributed by atoms with Gasteiger partial charge in [-0.15, -0.1) is 0 Å². The number of benzene rings is 2. The van der Waals surface area contributed by atoms with Crippen molar-refractivity contribution in [1.82, 2.24) is 9.78 Å². The number of rotatable bonds is 2. The van der Waals surface area contributed by atoms with E-state index in [1.807, 2.05) is 19.1 Å². The van der Waals surface area contributed by atoms with Crippen LogP contribution in [-0.4, -0.2) is 15.7 Å². The van der Waals surface area contributed by atoms with Gasteiger partial charge in [0.05, 0.1) is 11.9 Å². The average Bonchev–Trinajstić information content (AvgIpc) is 2.99. The second kappa shape index (κ2) is 5.60. The molecule has 0 radical (unpaired) electrons. The van der Waals surface area contributed by atoms with Crippen LogP contribution in [0.5, 0.6) is 0 Å². The summed E-state index contributed by atoms with van der Waals surface area (Å²) >= 11 is 0. The summed E-state index contributed by atoms with van der Waals surface area (Å²) in [5.41, 5.74) is 3.96. The third-order valence-electron chi connectivity index (χ3n) is 4.37. The molecule has 1 aliphatic rings. The van der Waals surface area contributed by atoms with Gasteiger partial charge < -0.3 is 5.32 Å². The topological polar surface area (TPSA) is 46.9 Å². The second-order valence-electron chi connectivity index (χ2n) is 6.05. The number of amides is 1. The molecule has 1 N–H and O–H groups in total. The van der Waals surface area contributed by atoms with Crippen molar-refractivity contribution in [3.05, 3.63) is 77.2 Å². The Kier molecular flexibility index (Phi) is 3.41. The molecule has 0 saturated heterocycles. The third kappa shape index (κ3) is 2.48. The molecule has 4 nitrogen and oxygen atoms in total. The smallest absolute Gasteiger partial charge is 0.226 e. The van der Waals surface area contributed by atoms with Crippen molar-refractivity contribution in [3.8, 4) is 5.69 Å². The summed E-state index contributed by atoms with van der Waals surface area (Å²) in [6.45, 7) is 2.04. The van der Waals surface area contributed by atoms with Crippen molar-refractivity contribution >= 4 is 11.7 Å². The molecule has 0 unspecified atom stereocenters. The number of nitrogens with zero attached hydrogens (tertiary/aromatic N) is 2. The average molecular weight is 321 g/mol. The summed E-state index contributed by atoms with van der Waals surface area (Å²) in [5.74, 6) is 0.283. The number of hydrogen-bond donors (Lipinski definition) is 1. The largest absolute Gasteiger partial charge is 0.310 e. The fraction of sp³-hybridized carbons (Fsp3) is 0.158. The van der Waals surface area contributed by atoms with E-state index in [0.717, 1.165) is 11.1 Å². The van der Waals surface area contributed by atoms with E-state index in [-0.39, 0.29) is 17.6 Å². The Hall–Kier alpha value is -2.95. The van der Waals surface area contributed by atoms with Crippen LogP contribution < -0.4 is 5.32 Å². The summed E-state index contributed by atoms with van der Waals surface area (Å²) in [4.78, 5) is 12.2. The van der Waals surface area contributed by atoms with E-state index in [0.29, 0.717) is 17.9 Å². The SMILES string of the molecule is Cc1ccc([C@@H]2CC(=O)Nc3c2cnn3-c2ccc(F)cc2)cc1. The first kappa shape index (κ1) is 14.6. The standard InChI is InChI=1S/C19H16FN3O/c1-12-2-4-13(5-3-12)16-10-18(24)22-19-17(16)11-21-23(19)15-8-6-14(20)7-9-15/h2-9,11,16H,10H2,1H3,(H,22,24)/t16-/m0/s1. The maximum absolute atomic E-state index is 13.1. The van der Waals surface area contributed by atoms with Crippen LogP contribution in [-0.2, 0) is 4.79 Å². The lowest BCUT2D eigenvalue weighted by Gasteiger charge is -2.24. The Morgan fingerprint density at radius 1 is 1.12 bits per heavy atom. The van der Waals surface area contributed by atoms with Crippen molar-refractivity contribution in [2.24, 2.45) is 0 Å². The van der Waals surface area contributed by atoms with Gasteiger partial charge in [0.25, 0.3) is 0 Å². The molecule has 5 heteroatoms. The minimum Gasteiger partial charge on any atom is -0.310 e. The van der Waals surface area contributed by atoms with Gasteiger partial charge in [-0.3, -0.25) is 4.79 Å². The van der Waals surface area contributed by atoms with Crippen LogP contribution in [0, 0.1) is 12.7 Å². The van der Waals surface area contributed by atoms with Gasteiger partial charge in [0.1, 0.15) is 11.6 Å².